The summed E-state index contributed by atoms with van der Waals surface area (Å²) in [5, 5.41) is 11.7. The molecule has 5 nitrogen and oxygen atoms in total. The van der Waals surface area contributed by atoms with E-state index in [2.05, 4.69) is 11.4 Å². The summed E-state index contributed by atoms with van der Waals surface area (Å²) in [6.45, 7) is 5.52. The molecule has 0 saturated heterocycles. The molecule has 0 aliphatic heterocycles. The summed E-state index contributed by atoms with van der Waals surface area (Å²) in [6.07, 6.45) is 1.83. The Kier molecular flexibility index (Phi) is 5.14. The van der Waals surface area contributed by atoms with Gasteiger partial charge in [-0.25, -0.2) is 0 Å². The van der Waals surface area contributed by atoms with Gasteiger partial charge in [0.05, 0.1) is 18.6 Å². The van der Waals surface area contributed by atoms with Crippen LogP contribution in [0.15, 0.2) is 0 Å². The average Bonchev–Trinajstić information content (AvgIpc) is 3.00. The van der Waals surface area contributed by atoms with Gasteiger partial charge in [-0.15, -0.1) is 0 Å². The fraction of sp³-hybridized carbons (Fsp3) is 0.769. The van der Waals surface area contributed by atoms with Crippen LogP contribution in [0.5, 0.6) is 0 Å². The minimum atomic E-state index is -0.589. The molecule has 1 aliphatic carbocycles. The first-order chi connectivity index (χ1) is 8.56. The number of nitrogens with zero attached hydrogens (tertiary/aromatic N) is 1. The van der Waals surface area contributed by atoms with Crippen molar-refractivity contribution >= 4 is 11.9 Å². The van der Waals surface area contributed by atoms with Crippen LogP contribution in [0.3, 0.4) is 0 Å². The largest absolute Gasteiger partial charge is 0.466 e. The number of esters is 1. The van der Waals surface area contributed by atoms with Crippen LogP contribution in [0.1, 0.15) is 33.6 Å². The van der Waals surface area contributed by atoms with Gasteiger partial charge in [0.2, 0.25) is 5.91 Å². The molecule has 0 aromatic carbocycles. The summed E-state index contributed by atoms with van der Waals surface area (Å²) in [6, 6.07) is 1.48. The van der Waals surface area contributed by atoms with Crippen molar-refractivity contribution in [2.75, 3.05) is 6.61 Å². The van der Waals surface area contributed by atoms with Crippen LogP contribution in [-0.2, 0) is 14.3 Å². The molecule has 1 fully saturated rings. The van der Waals surface area contributed by atoms with Crippen LogP contribution < -0.4 is 5.32 Å². The Hall–Kier alpha value is -1.57. The Bertz CT molecular complexity index is 362. The molecule has 100 valence electrons. The zero-order valence-electron chi connectivity index (χ0n) is 11.1. The molecule has 0 aromatic rings. The van der Waals surface area contributed by atoms with Gasteiger partial charge in [-0.05, 0) is 19.3 Å². The highest BCUT2D eigenvalue weighted by atomic mass is 16.5. The number of rotatable bonds is 6. The molecular weight excluding hydrogens is 232 g/mol. The van der Waals surface area contributed by atoms with Gasteiger partial charge in [0.15, 0.2) is 0 Å². The van der Waals surface area contributed by atoms with Gasteiger partial charge >= 0.3 is 5.97 Å². The number of hydrogen-bond donors (Lipinski definition) is 1. The molecule has 0 bridgehead atoms. The fourth-order valence-electron chi connectivity index (χ4n) is 2.56. The molecular formula is C13H20N2O3. The van der Waals surface area contributed by atoms with E-state index in [-0.39, 0.29) is 29.6 Å². The van der Waals surface area contributed by atoms with Crippen LogP contribution >= 0.6 is 0 Å². The van der Waals surface area contributed by atoms with Crippen LogP contribution in [0, 0.1) is 29.1 Å². The molecule has 0 radical (unpaired) electrons. The number of ether oxygens (including phenoxy) is 1. The first-order valence-electron chi connectivity index (χ1n) is 6.40. The second kappa shape index (κ2) is 6.39. The quantitative estimate of drug-likeness (QED) is 0.721. The third kappa shape index (κ3) is 3.22. The SMILES string of the molecule is CCCC1C(C(=O)OCC)C1C(C#N)NC(C)=O. The van der Waals surface area contributed by atoms with E-state index in [0.29, 0.717) is 6.61 Å². The predicted octanol–water partition coefficient (Wildman–Crippen LogP) is 1.24. The lowest BCUT2D eigenvalue weighted by molar-refractivity contribution is -0.145. The van der Waals surface area contributed by atoms with E-state index in [4.69, 9.17) is 10.00 Å². The van der Waals surface area contributed by atoms with Gasteiger partial charge < -0.3 is 10.1 Å². The fourth-order valence-corrected chi connectivity index (χ4v) is 2.56. The smallest absolute Gasteiger partial charge is 0.309 e. The van der Waals surface area contributed by atoms with Gasteiger partial charge in [-0.3, -0.25) is 9.59 Å². The Morgan fingerprint density at radius 2 is 2.11 bits per heavy atom. The van der Waals surface area contributed by atoms with Crippen LogP contribution in [0.2, 0.25) is 0 Å². The van der Waals surface area contributed by atoms with Gasteiger partial charge in [-0.1, -0.05) is 13.3 Å². The summed E-state index contributed by atoms with van der Waals surface area (Å²) < 4.78 is 5.01. The standard InChI is InChI=1S/C13H20N2O3/c1-4-6-9-11(10(7-14)15-8(3)16)12(9)13(17)18-5-2/h9-12H,4-6H2,1-3H3,(H,15,16). The molecule has 1 amide bonds. The van der Waals surface area contributed by atoms with Crippen LogP contribution in [0.4, 0.5) is 0 Å². The molecule has 1 saturated carbocycles. The van der Waals surface area contributed by atoms with Crippen molar-refractivity contribution in [3.63, 3.8) is 0 Å². The lowest BCUT2D eigenvalue weighted by Crippen LogP contribution is -2.35. The van der Waals surface area contributed by atoms with Crippen molar-refractivity contribution in [1.29, 1.82) is 5.26 Å². The Balaban J connectivity index is 2.70. The second-order valence-corrected chi connectivity index (χ2v) is 4.62. The van der Waals surface area contributed by atoms with Gasteiger partial charge in [0.25, 0.3) is 0 Å². The highest BCUT2D eigenvalue weighted by molar-refractivity contribution is 5.78. The lowest BCUT2D eigenvalue weighted by Gasteiger charge is -2.09. The third-order valence-corrected chi connectivity index (χ3v) is 3.29. The molecule has 0 spiro atoms. The van der Waals surface area contributed by atoms with Crippen molar-refractivity contribution in [2.24, 2.45) is 17.8 Å². The maximum absolute atomic E-state index is 11.8. The molecule has 5 heteroatoms. The average molecular weight is 252 g/mol. The van der Waals surface area contributed by atoms with E-state index in [1.807, 2.05) is 6.92 Å². The maximum atomic E-state index is 11.8. The zero-order chi connectivity index (χ0) is 13.7. The number of hydrogen-bond acceptors (Lipinski definition) is 4. The van der Waals surface area contributed by atoms with Gasteiger partial charge in [0, 0.05) is 12.8 Å². The third-order valence-electron chi connectivity index (χ3n) is 3.29. The highest BCUT2D eigenvalue weighted by Gasteiger charge is 2.58. The van der Waals surface area contributed by atoms with E-state index in [0.717, 1.165) is 12.8 Å². The normalized spacial score (nSPS) is 26.9. The Morgan fingerprint density at radius 1 is 1.44 bits per heavy atom. The maximum Gasteiger partial charge on any atom is 0.309 e. The van der Waals surface area contributed by atoms with E-state index < -0.39 is 6.04 Å². The molecule has 4 unspecified atom stereocenters. The van der Waals surface area contributed by atoms with Crippen molar-refractivity contribution in [1.82, 2.24) is 5.32 Å². The van der Waals surface area contributed by atoms with E-state index >= 15 is 0 Å². The number of amides is 1. The topological polar surface area (TPSA) is 79.2 Å². The number of nitriles is 1. The Labute approximate surface area is 107 Å². The lowest BCUT2D eigenvalue weighted by atomic mass is 10.1. The van der Waals surface area contributed by atoms with E-state index in [1.54, 1.807) is 6.92 Å². The van der Waals surface area contributed by atoms with Crippen LogP contribution in [0.25, 0.3) is 0 Å². The van der Waals surface area contributed by atoms with Crippen LogP contribution in [-0.4, -0.2) is 24.5 Å². The number of carbonyl (C=O) groups is 2. The minimum Gasteiger partial charge on any atom is -0.466 e. The summed E-state index contributed by atoms with van der Waals surface area (Å²) in [5.74, 6) is -0.664. The van der Waals surface area contributed by atoms with Gasteiger partial charge in [0.1, 0.15) is 6.04 Å². The molecule has 0 heterocycles. The summed E-state index contributed by atoms with van der Waals surface area (Å²) >= 11 is 0. The molecule has 4 atom stereocenters. The molecule has 1 rings (SSSR count). The minimum absolute atomic E-state index is 0.0992. The number of nitrogens with one attached hydrogen (secondary N) is 1. The van der Waals surface area contributed by atoms with Gasteiger partial charge in [-0.2, -0.15) is 5.26 Å². The van der Waals surface area contributed by atoms with Crippen molar-refractivity contribution in [3.05, 3.63) is 0 Å². The van der Waals surface area contributed by atoms with E-state index in [1.165, 1.54) is 6.92 Å². The summed E-state index contributed by atoms with van der Waals surface area (Å²) in [4.78, 5) is 22.8. The van der Waals surface area contributed by atoms with Crippen molar-refractivity contribution in [3.8, 4) is 6.07 Å². The molecule has 0 aromatic heterocycles. The first kappa shape index (κ1) is 14.5. The second-order valence-electron chi connectivity index (χ2n) is 4.62. The Morgan fingerprint density at radius 3 is 2.56 bits per heavy atom. The number of carbonyl (C=O) groups excluding carboxylic acids is 2. The summed E-state index contributed by atoms with van der Waals surface area (Å²) in [5.41, 5.74) is 0. The highest BCUT2D eigenvalue weighted by Crippen LogP contribution is 2.51. The first-order valence-corrected chi connectivity index (χ1v) is 6.40. The predicted molar refractivity (Wildman–Crippen MR) is 65.2 cm³/mol. The van der Waals surface area contributed by atoms with Crippen molar-refractivity contribution in [2.45, 2.75) is 39.7 Å². The van der Waals surface area contributed by atoms with Crippen molar-refractivity contribution < 1.29 is 14.3 Å². The molecule has 1 N–H and O–H groups in total. The van der Waals surface area contributed by atoms with E-state index in [9.17, 15) is 9.59 Å². The zero-order valence-corrected chi connectivity index (χ0v) is 11.1. The summed E-state index contributed by atoms with van der Waals surface area (Å²) in [7, 11) is 0. The monoisotopic (exact) mass is 252 g/mol. The molecule has 1 aliphatic rings. The molecule has 18 heavy (non-hydrogen) atoms.